The molecule has 0 aliphatic carbocycles. The van der Waals surface area contributed by atoms with Crippen molar-refractivity contribution in [1.82, 2.24) is 9.88 Å². The number of nitrogens with one attached hydrogen (secondary N) is 2. The number of rotatable bonds is 7. The maximum atomic E-state index is 12.8. The molecule has 39 heavy (non-hydrogen) atoms. The van der Waals surface area contributed by atoms with Gasteiger partial charge >= 0.3 is 0 Å². The van der Waals surface area contributed by atoms with Crippen molar-refractivity contribution in [2.24, 2.45) is 0 Å². The number of carbonyl (C=O) groups is 3. The van der Waals surface area contributed by atoms with Gasteiger partial charge in [0, 0.05) is 31.1 Å². The van der Waals surface area contributed by atoms with E-state index in [9.17, 15) is 14.4 Å². The lowest BCUT2D eigenvalue weighted by molar-refractivity contribution is -0.134. The molecule has 5 rings (SSSR count). The maximum Gasteiger partial charge on any atom is 0.274 e. The van der Waals surface area contributed by atoms with Crippen LogP contribution in [0.3, 0.4) is 0 Å². The third kappa shape index (κ3) is 6.41. The molecule has 0 spiro atoms. The molecule has 1 aliphatic rings. The van der Waals surface area contributed by atoms with Gasteiger partial charge in [0.15, 0.2) is 6.61 Å². The van der Waals surface area contributed by atoms with Gasteiger partial charge in [0.05, 0.1) is 0 Å². The number of hydrogen-bond donors (Lipinski definition) is 2. The largest absolute Gasteiger partial charge is 0.483 e. The lowest BCUT2D eigenvalue weighted by atomic mass is 9.89. The summed E-state index contributed by atoms with van der Waals surface area (Å²) in [5.74, 6) is 0.784. The molecule has 8 heteroatoms. The van der Waals surface area contributed by atoms with Crippen LogP contribution in [0.4, 0.5) is 11.5 Å². The van der Waals surface area contributed by atoms with Crippen LogP contribution >= 0.6 is 0 Å². The Morgan fingerprint density at radius 2 is 1.59 bits per heavy atom. The SMILES string of the molecule is CC(=O)Nc1cccc(C(=O)Nc2ccc(C3CCN(C(=O)COc4cccc5ccccc45)CC3)cc2)n1. The van der Waals surface area contributed by atoms with Crippen LogP contribution in [-0.4, -0.2) is 47.3 Å². The number of anilines is 2. The minimum atomic E-state index is -0.354. The molecule has 4 aromatic rings. The van der Waals surface area contributed by atoms with Gasteiger partial charge in [0.25, 0.3) is 11.8 Å². The van der Waals surface area contributed by atoms with Gasteiger partial charge in [-0.1, -0.05) is 54.6 Å². The van der Waals surface area contributed by atoms with Crippen LogP contribution < -0.4 is 15.4 Å². The van der Waals surface area contributed by atoms with E-state index in [4.69, 9.17) is 4.74 Å². The molecule has 8 nitrogen and oxygen atoms in total. The first-order valence-electron chi connectivity index (χ1n) is 13.0. The number of hydrogen-bond acceptors (Lipinski definition) is 5. The summed E-state index contributed by atoms with van der Waals surface area (Å²) >= 11 is 0. The van der Waals surface area contributed by atoms with Gasteiger partial charge in [-0.05, 0) is 60.0 Å². The van der Waals surface area contributed by atoms with E-state index in [1.807, 2.05) is 71.6 Å². The highest BCUT2D eigenvalue weighted by Crippen LogP contribution is 2.30. The van der Waals surface area contributed by atoms with E-state index in [0.717, 1.165) is 29.4 Å². The molecular formula is C31H30N4O4. The lowest BCUT2D eigenvalue weighted by Crippen LogP contribution is -2.40. The Morgan fingerprint density at radius 1 is 0.872 bits per heavy atom. The third-order valence-electron chi connectivity index (χ3n) is 6.87. The second-order valence-corrected chi connectivity index (χ2v) is 9.59. The maximum absolute atomic E-state index is 12.8. The summed E-state index contributed by atoms with van der Waals surface area (Å²) in [7, 11) is 0. The third-order valence-corrected chi connectivity index (χ3v) is 6.87. The first-order chi connectivity index (χ1) is 19.0. The van der Waals surface area contributed by atoms with Crippen LogP contribution in [0.25, 0.3) is 10.8 Å². The fourth-order valence-corrected chi connectivity index (χ4v) is 4.86. The standard InChI is InChI=1S/C31H30N4O4/c1-21(36)32-29-11-5-9-27(34-29)31(38)33-25-14-12-22(13-15-25)23-16-18-35(19-17-23)30(37)20-39-28-10-4-7-24-6-2-3-8-26(24)28/h2-15,23H,16-20H2,1H3,(H,33,38)(H,32,34,36). The first kappa shape index (κ1) is 25.9. The Morgan fingerprint density at radius 3 is 2.36 bits per heavy atom. The summed E-state index contributed by atoms with van der Waals surface area (Å²) in [6.07, 6.45) is 1.73. The number of benzene rings is 3. The highest BCUT2D eigenvalue weighted by atomic mass is 16.5. The average Bonchev–Trinajstić information content (AvgIpc) is 2.96. The fourth-order valence-electron chi connectivity index (χ4n) is 4.86. The monoisotopic (exact) mass is 522 g/mol. The highest BCUT2D eigenvalue weighted by molar-refractivity contribution is 6.03. The van der Waals surface area contributed by atoms with Crippen LogP contribution in [-0.2, 0) is 9.59 Å². The first-order valence-corrected chi connectivity index (χ1v) is 13.0. The second kappa shape index (κ2) is 11.8. The van der Waals surface area contributed by atoms with Crippen LogP contribution in [0.5, 0.6) is 5.75 Å². The second-order valence-electron chi connectivity index (χ2n) is 9.59. The van der Waals surface area contributed by atoms with E-state index in [-0.39, 0.29) is 30.0 Å². The summed E-state index contributed by atoms with van der Waals surface area (Å²) in [5.41, 5.74) is 2.05. The molecule has 0 radical (unpaired) electrons. The number of piperidine rings is 1. The van der Waals surface area contributed by atoms with Crippen molar-refractivity contribution in [2.45, 2.75) is 25.7 Å². The predicted molar refractivity (Wildman–Crippen MR) is 151 cm³/mol. The van der Waals surface area contributed by atoms with Crippen molar-refractivity contribution in [1.29, 1.82) is 0 Å². The molecule has 1 saturated heterocycles. The smallest absolute Gasteiger partial charge is 0.274 e. The van der Waals surface area contributed by atoms with E-state index < -0.39 is 0 Å². The van der Waals surface area contributed by atoms with Gasteiger partial charge in [0.1, 0.15) is 17.3 Å². The zero-order chi connectivity index (χ0) is 27.2. The van der Waals surface area contributed by atoms with Gasteiger partial charge in [-0.3, -0.25) is 14.4 Å². The van der Waals surface area contributed by atoms with Gasteiger partial charge < -0.3 is 20.3 Å². The Kier molecular flexibility index (Phi) is 7.82. The Balaban J connectivity index is 1.12. The fraction of sp³-hybridized carbons (Fsp3) is 0.226. The van der Waals surface area contributed by atoms with Crippen molar-refractivity contribution in [3.8, 4) is 5.75 Å². The Hall–Kier alpha value is -4.72. The zero-order valence-electron chi connectivity index (χ0n) is 21.7. The van der Waals surface area contributed by atoms with Crippen LogP contribution in [0.1, 0.15) is 41.7 Å². The summed E-state index contributed by atoms with van der Waals surface area (Å²) in [4.78, 5) is 42.7. The number of nitrogens with zero attached hydrogens (tertiary/aromatic N) is 2. The molecule has 1 aromatic heterocycles. The summed E-state index contributed by atoms with van der Waals surface area (Å²) < 4.78 is 5.90. The molecule has 1 aliphatic heterocycles. The number of carbonyl (C=O) groups excluding carboxylic acids is 3. The Labute approximate surface area is 227 Å². The predicted octanol–water partition coefficient (Wildman–Crippen LogP) is 5.23. The number of amides is 3. The number of likely N-dealkylation sites (tertiary alicyclic amines) is 1. The average molecular weight is 523 g/mol. The van der Waals surface area contributed by atoms with Gasteiger partial charge in [0.2, 0.25) is 5.91 Å². The normalized spacial score (nSPS) is 13.6. The highest BCUT2D eigenvalue weighted by Gasteiger charge is 2.24. The molecule has 3 amide bonds. The van der Waals surface area contributed by atoms with Gasteiger partial charge in [-0.15, -0.1) is 0 Å². The molecule has 1 fully saturated rings. The van der Waals surface area contributed by atoms with Crippen LogP contribution in [0, 0.1) is 0 Å². The zero-order valence-corrected chi connectivity index (χ0v) is 21.7. The van der Waals surface area contributed by atoms with Gasteiger partial charge in [-0.25, -0.2) is 4.98 Å². The van der Waals surface area contributed by atoms with Crippen molar-refractivity contribution < 1.29 is 19.1 Å². The minimum absolute atomic E-state index is 0.00405. The van der Waals surface area contributed by atoms with E-state index in [1.54, 1.807) is 18.2 Å². The lowest BCUT2D eigenvalue weighted by Gasteiger charge is -2.32. The number of pyridine rings is 1. The number of aromatic nitrogens is 1. The minimum Gasteiger partial charge on any atom is -0.483 e. The van der Waals surface area contributed by atoms with Crippen molar-refractivity contribution in [3.05, 3.63) is 96.2 Å². The molecular weight excluding hydrogens is 492 g/mol. The molecule has 3 aromatic carbocycles. The topological polar surface area (TPSA) is 101 Å². The number of ether oxygens (including phenoxy) is 1. The van der Waals surface area contributed by atoms with Crippen molar-refractivity contribution >= 4 is 40.0 Å². The Bertz CT molecular complexity index is 1490. The van der Waals surface area contributed by atoms with E-state index in [1.165, 1.54) is 12.5 Å². The molecule has 0 unspecified atom stereocenters. The molecule has 0 atom stereocenters. The van der Waals surface area contributed by atoms with Crippen LogP contribution in [0.2, 0.25) is 0 Å². The van der Waals surface area contributed by atoms with Crippen molar-refractivity contribution in [2.75, 3.05) is 30.3 Å². The summed E-state index contributed by atoms with van der Waals surface area (Å²) in [6.45, 7) is 2.77. The summed E-state index contributed by atoms with van der Waals surface area (Å²) in [6, 6.07) is 26.5. The summed E-state index contributed by atoms with van der Waals surface area (Å²) in [5, 5.41) is 7.51. The molecule has 0 bridgehead atoms. The molecule has 2 heterocycles. The number of fused-ring (bicyclic) bond motifs is 1. The quantitative estimate of drug-likeness (QED) is 0.346. The molecule has 0 saturated carbocycles. The van der Waals surface area contributed by atoms with E-state index >= 15 is 0 Å². The van der Waals surface area contributed by atoms with E-state index in [0.29, 0.717) is 30.5 Å². The van der Waals surface area contributed by atoms with Crippen LogP contribution in [0.15, 0.2) is 84.9 Å². The molecule has 198 valence electrons. The van der Waals surface area contributed by atoms with E-state index in [2.05, 4.69) is 15.6 Å². The molecule has 2 N–H and O–H groups in total. The van der Waals surface area contributed by atoms with Gasteiger partial charge in [-0.2, -0.15) is 0 Å². The van der Waals surface area contributed by atoms with Crippen molar-refractivity contribution in [3.63, 3.8) is 0 Å².